The fourth-order valence-corrected chi connectivity index (χ4v) is 2.34. The van der Waals surface area contributed by atoms with E-state index < -0.39 is 11.6 Å². The number of Topliss-reactive ketones (excluding diaryl/α,β-unsaturated/α-hetero) is 1. The molecule has 0 unspecified atom stereocenters. The fourth-order valence-electron chi connectivity index (χ4n) is 2.34. The number of halogens is 2. The summed E-state index contributed by atoms with van der Waals surface area (Å²) in [6.07, 6.45) is 1.23. The van der Waals surface area contributed by atoms with E-state index in [1.807, 2.05) is 0 Å². The molecular formula is C16H12F2O2. The van der Waals surface area contributed by atoms with Crippen molar-refractivity contribution in [2.45, 2.75) is 19.4 Å². The lowest BCUT2D eigenvalue weighted by Crippen LogP contribution is -2.00. The highest BCUT2D eigenvalue weighted by atomic mass is 19.1. The van der Waals surface area contributed by atoms with Crippen LogP contribution >= 0.6 is 0 Å². The highest BCUT2D eigenvalue weighted by Crippen LogP contribution is 2.26. The molecule has 2 aromatic carbocycles. The van der Waals surface area contributed by atoms with E-state index in [0.717, 1.165) is 29.3 Å². The predicted octanol–water partition coefficient (Wildman–Crippen LogP) is 3.67. The SMILES string of the molecule is O=C1CCc2cc(OCc3cc(F)ccc3F)ccc21. The first kappa shape index (κ1) is 12.8. The second kappa shape index (κ2) is 5.04. The molecule has 1 aliphatic rings. The predicted molar refractivity (Wildman–Crippen MR) is 69.8 cm³/mol. The summed E-state index contributed by atoms with van der Waals surface area (Å²) in [4.78, 5) is 11.5. The van der Waals surface area contributed by atoms with Crippen molar-refractivity contribution in [2.75, 3.05) is 0 Å². The van der Waals surface area contributed by atoms with Crippen molar-refractivity contribution in [3.8, 4) is 5.75 Å². The molecule has 1 aliphatic carbocycles. The normalized spacial score (nSPS) is 13.4. The van der Waals surface area contributed by atoms with Crippen molar-refractivity contribution in [3.63, 3.8) is 0 Å². The fraction of sp³-hybridized carbons (Fsp3) is 0.188. The first-order valence-electron chi connectivity index (χ1n) is 6.36. The summed E-state index contributed by atoms with van der Waals surface area (Å²) in [6, 6.07) is 8.46. The van der Waals surface area contributed by atoms with Crippen molar-refractivity contribution in [1.82, 2.24) is 0 Å². The van der Waals surface area contributed by atoms with E-state index in [0.29, 0.717) is 18.6 Å². The quantitative estimate of drug-likeness (QED) is 0.853. The zero-order valence-electron chi connectivity index (χ0n) is 10.7. The zero-order valence-corrected chi connectivity index (χ0v) is 10.7. The third-order valence-corrected chi connectivity index (χ3v) is 3.40. The van der Waals surface area contributed by atoms with Crippen molar-refractivity contribution < 1.29 is 18.3 Å². The molecule has 0 aromatic heterocycles. The maximum atomic E-state index is 13.5. The van der Waals surface area contributed by atoms with Gasteiger partial charge in [-0.15, -0.1) is 0 Å². The van der Waals surface area contributed by atoms with Gasteiger partial charge in [0, 0.05) is 17.5 Å². The van der Waals surface area contributed by atoms with Crippen LogP contribution in [0.5, 0.6) is 5.75 Å². The second-order valence-electron chi connectivity index (χ2n) is 4.77. The number of hydrogen-bond acceptors (Lipinski definition) is 2. The van der Waals surface area contributed by atoms with Gasteiger partial charge in [0.2, 0.25) is 0 Å². The zero-order chi connectivity index (χ0) is 14.1. The maximum Gasteiger partial charge on any atom is 0.163 e. The summed E-state index contributed by atoms with van der Waals surface area (Å²) in [5.74, 6) is -0.294. The van der Waals surface area contributed by atoms with Crippen molar-refractivity contribution >= 4 is 5.78 Å². The molecule has 0 fully saturated rings. The van der Waals surface area contributed by atoms with E-state index in [2.05, 4.69) is 0 Å². The third kappa shape index (κ3) is 2.41. The molecule has 0 saturated heterocycles. The van der Waals surface area contributed by atoms with Crippen molar-refractivity contribution in [1.29, 1.82) is 0 Å². The van der Waals surface area contributed by atoms with Crippen LogP contribution in [-0.2, 0) is 13.0 Å². The van der Waals surface area contributed by atoms with E-state index >= 15 is 0 Å². The molecule has 3 rings (SSSR count). The molecule has 0 atom stereocenters. The Labute approximate surface area is 115 Å². The van der Waals surface area contributed by atoms with Gasteiger partial charge < -0.3 is 4.74 Å². The van der Waals surface area contributed by atoms with Gasteiger partial charge in [0.25, 0.3) is 0 Å². The van der Waals surface area contributed by atoms with Crippen LogP contribution in [0.25, 0.3) is 0 Å². The van der Waals surface area contributed by atoms with Crippen molar-refractivity contribution in [3.05, 3.63) is 64.7 Å². The van der Waals surface area contributed by atoms with Gasteiger partial charge in [-0.3, -0.25) is 4.79 Å². The number of carbonyl (C=O) groups is 1. The number of benzene rings is 2. The van der Waals surface area contributed by atoms with E-state index in [1.54, 1.807) is 18.2 Å². The molecule has 0 saturated carbocycles. The Morgan fingerprint density at radius 2 is 1.90 bits per heavy atom. The van der Waals surface area contributed by atoms with Gasteiger partial charge in [-0.2, -0.15) is 0 Å². The summed E-state index contributed by atoms with van der Waals surface area (Å²) in [5, 5.41) is 0. The Morgan fingerprint density at radius 3 is 2.75 bits per heavy atom. The monoisotopic (exact) mass is 274 g/mol. The Bertz CT molecular complexity index is 680. The molecule has 0 amide bonds. The second-order valence-corrected chi connectivity index (χ2v) is 4.77. The minimum Gasteiger partial charge on any atom is -0.489 e. The summed E-state index contributed by atoms with van der Waals surface area (Å²) < 4.78 is 32.0. The highest BCUT2D eigenvalue weighted by molar-refractivity contribution is 6.00. The first-order valence-corrected chi connectivity index (χ1v) is 6.36. The highest BCUT2D eigenvalue weighted by Gasteiger charge is 2.19. The van der Waals surface area contributed by atoms with Gasteiger partial charge >= 0.3 is 0 Å². The minimum atomic E-state index is -0.497. The van der Waals surface area contributed by atoms with E-state index in [9.17, 15) is 13.6 Å². The lowest BCUT2D eigenvalue weighted by molar-refractivity contribution is 0.0994. The average molecular weight is 274 g/mol. The Hall–Kier alpha value is -2.23. The molecule has 2 aromatic rings. The Balaban J connectivity index is 1.76. The van der Waals surface area contributed by atoms with E-state index in [-0.39, 0.29) is 18.0 Å². The van der Waals surface area contributed by atoms with Crippen LogP contribution in [0, 0.1) is 11.6 Å². The molecule has 0 radical (unpaired) electrons. The summed E-state index contributed by atoms with van der Waals surface area (Å²) in [7, 11) is 0. The molecular weight excluding hydrogens is 262 g/mol. The van der Waals surface area contributed by atoms with Crippen LogP contribution in [0.3, 0.4) is 0 Å². The lowest BCUT2D eigenvalue weighted by atomic mass is 10.1. The summed E-state index contributed by atoms with van der Waals surface area (Å²) >= 11 is 0. The maximum absolute atomic E-state index is 13.5. The number of ketones is 1. The van der Waals surface area contributed by atoms with Crippen LogP contribution in [-0.4, -0.2) is 5.78 Å². The number of carbonyl (C=O) groups excluding carboxylic acids is 1. The van der Waals surface area contributed by atoms with Gasteiger partial charge in [0.1, 0.15) is 24.0 Å². The molecule has 4 heteroatoms. The third-order valence-electron chi connectivity index (χ3n) is 3.40. The first-order chi connectivity index (χ1) is 9.63. The van der Waals surface area contributed by atoms with Crippen molar-refractivity contribution in [2.24, 2.45) is 0 Å². The van der Waals surface area contributed by atoms with Gasteiger partial charge in [0.05, 0.1) is 0 Å². The average Bonchev–Trinajstić information content (AvgIpc) is 2.81. The number of rotatable bonds is 3. The molecule has 0 heterocycles. The number of aryl methyl sites for hydroxylation is 1. The van der Waals surface area contributed by atoms with Gasteiger partial charge in [-0.1, -0.05) is 0 Å². The molecule has 0 aliphatic heterocycles. The van der Waals surface area contributed by atoms with Crippen LogP contribution < -0.4 is 4.74 Å². The molecule has 20 heavy (non-hydrogen) atoms. The van der Waals surface area contributed by atoms with E-state index in [4.69, 9.17) is 4.74 Å². The number of fused-ring (bicyclic) bond motifs is 1. The topological polar surface area (TPSA) is 26.3 Å². The summed E-state index contributed by atoms with van der Waals surface area (Å²) in [6.45, 7) is -0.0453. The molecule has 0 N–H and O–H groups in total. The Morgan fingerprint density at radius 1 is 1.05 bits per heavy atom. The lowest BCUT2D eigenvalue weighted by Gasteiger charge is -2.08. The summed E-state index contributed by atoms with van der Waals surface area (Å²) in [5.41, 5.74) is 1.85. The van der Waals surface area contributed by atoms with E-state index in [1.165, 1.54) is 0 Å². The largest absolute Gasteiger partial charge is 0.489 e. The van der Waals surface area contributed by atoms with Crippen LogP contribution in [0.4, 0.5) is 8.78 Å². The van der Waals surface area contributed by atoms with Crippen LogP contribution in [0.2, 0.25) is 0 Å². The molecule has 0 bridgehead atoms. The number of ether oxygens (including phenoxy) is 1. The molecule has 0 spiro atoms. The van der Waals surface area contributed by atoms with Crippen LogP contribution in [0.15, 0.2) is 36.4 Å². The van der Waals surface area contributed by atoms with Gasteiger partial charge in [-0.05, 0) is 48.4 Å². The number of hydrogen-bond donors (Lipinski definition) is 0. The smallest absolute Gasteiger partial charge is 0.163 e. The standard InChI is InChI=1S/C16H12F2O2/c17-12-2-5-15(18)11(7-12)9-20-13-3-4-14-10(8-13)1-6-16(14)19/h2-5,7-8H,1,6,9H2. The molecule has 2 nitrogen and oxygen atoms in total. The minimum absolute atomic E-state index is 0.0453. The molecule has 102 valence electrons. The Kier molecular flexibility index (Phi) is 3.22. The van der Waals surface area contributed by atoms with Gasteiger partial charge in [-0.25, -0.2) is 8.78 Å². The van der Waals surface area contributed by atoms with Gasteiger partial charge in [0.15, 0.2) is 5.78 Å². The van der Waals surface area contributed by atoms with Crippen LogP contribution in [0.1, 0.15) is 27.9 Å².